The van der Waals surface area contributed by atoms with Gasteiger partial charge >= 0.3 is 0 Å². The van der Waals surface area contributed by atoms with Crippen LogP contribution in [0.1, 0.15) is 30.5 Å². The smallest absolute Gasteiger partial charge is 0.244 e. The summed E-state index contributed by atoms with van der Waals surface area (Å²) < 4.78 is 25.6. The first-order chi connectivity index (χ1) is 16.9. The number of carbonyl (C=O) groups is 1. The lowest BCUT2D eigenvalue weighted by Gasteiger charge is -2.35. The molecule has 4 rings (SSSR count). The lowest BCUT2D eigenvalue weighted by molar-refractivity contribution is -0.116. The Bertz CT molecular complexity index is 1140. The van der Waals surface area contributed by atoms with Crippen molar-refractivity contribution in [2.45, 2.75) is 39.1 Å². The summed E-state index contributed by atoms with van der Waals surface area (Å²) in [4.78, 5) is 18.6. The first-order valence-electron chi connectivity index (χ1n) is 11.7. The number of amides is 1. The van der Waals surface area contributed by atoms with E-state index in [1.807, 2.05) is 12.1 Å². The van der Waals surface area contributed by atoms with Crippen molar-refractivity contribution in [3.8, 4) is 11.5 Å². The van der Waals surface area contributed by atoms with Crippen molar-refractivity contribution in [1.82, 2.24) is 15.2 Å². The molecule has 182 valence electrons. The number of hydrogen-bond donors (Lipinski definition) is 1. The molecule has 1 amide bonds. The van der Waals surface area contributed by atoms with Crippen molar-refractivity contribution in [3.05, 3.63) is 95.6 Å². The monoisotopic (exact) mass is 475 g/mol. The van der Waals surface area contributed by atoms with Crippen LogP contribution in [0.15, 0.2) is 73.1 Å². The highest BCUT2D eigenvalue weighted by molar-refractivity contribution is 5.91. The Morgan fingerprint density at radius 3 is 2.57 bits per heavy atom. The van der Waals surface area contributed by atoms with Gasteiger partial charge < -0.3 is 14.8 Å². The van der Waals surface area contributed by atoms with Gasteiger partial charge in [-0.2, -0.15) is 0 Å². The van der Waals surface area contributed by atoms with Crippen LogP contribution in [0.2, 0.25) is 0 Å². The number of halogens is 1. The Hall–Kier alpha value is -3.55. The van der Waals surface area contributed by atoms with Crippen LogP contribution >= 0.6 is 0 Å². The van der Waals surface area contributed by atoms with E-state index in [0.29, 0.717) is 17.9 Å². The normalized spacial score (nSPS) is 18.5. The summed E-state index contributed by atoms with van der Waals surface area (Å²) in [5.41, 5.74) is 2.81. The molecular formula is C28H30FN3O3. The maximum Gasteiger partial charge on any atom is 0.244 e. The summed E-state index contributed by atoms with van der Waals surface area (Å²) in [6.07, 6.45) is 6.58. The molecule has 1 aromatic heterocycles. The second-order valence-corrected chi connectivity index (χ2v) is 8.80. The van der Waals surface area contributed by atoms with Crippen LogP contribution in [0.25, 0.3) is 6.08 Å². The molecule has 0 radical (unpaired) electrons. The minimum atomic E-state index is -0.516. The van der Waals surface area contributed by atoms with Gasteiger partial charge in [0.1, 0.15) is 5.75 Å². The zero-order valence-electron chi connectivity index (χ0n) is 20.0. The molecule has 2 heterocycles. The number of ether oxygens (including phenoxy) is 2. The van der Waals surface area contributed by atoms with Gasteiger partial charge in [0.05, 0.1) is 18.4 Å². The maximum absolute atomic E-state index is 14.4. The third kappa shape index (κ3) is 7.47. The fourth-order valence-corrected chi connectivity index (χ4v) is 4.09. The summed E-state index contributed by atoms with van der Waals surface area (Å²) >= 11 is 0. The molecule has 2 unspecified atom stereocenters. The van der Waals surface area contributed by atoms with Crippen molar-refractivity contribution < 1.29 is 18.7 Å². The molecule has 6 nitrogen and oxygen atoms in total. The van der Waals surface area contributed by atoms with Gasteiger partial charge in [0.2, 0.25) is 5.91 Å². The molecule has 1 fully saturated rings. The first-order valence-corrected chi connectivity index (χ1v) is 11.7. The van der Waals surface area contributed by atoms with Gasteiger partial charge in [-0.05, 0) is 60.9 Å². The second kappa shape index (κ2) is 11.7. The predicted molar refractivity (Wildman–Crippen MR) is 133 cm³/mol. The Morgan fingerprint density at radius 1 is 1.14 bits per heavy atom. The summed E-state index contributed by atoms with van der Waals surface area (Å²) in [5, 5.41) is 2.86. The molecule has 0 spiro atoms. The average molecular weight is 476 g/mol. The van der Waals surface area contributed by atoms with Crippen molar-refractivity contribution >= 4 is 12.0 Å². The van der Waals surface area contributed by atoms with E-state index in [0.717, 1.165) is 25.2 Å². The summed E-state index contributed by atoms with van der Waals surface area (Å²) in [5.74, 6) is -0.216. The minimum Gasteiger partial charge on any atom is -0.453 e. The van der Waals surface area contributed by atoms with Crippen LogP contribution in [0.5, 0.6) is 11.5 Å². The Labute approximate surface area is 205 Å². The van der Waals surface area contributed by atoms with Crippen molar-refractivity contribution in [2.75, 3.05) is 13.1 Å². The number of nitrogens with zero attached hydrogens (tertiary/aromatic N) is 2. The number of morpholine rings is 1. The summed E-state index contributed by atoms with van der Waals surface area (Å²) in [6.45, 7) is 7.37. The maximum atomic E-state index is 14.4. The third-order valence-electron chi connectivity index (χ3n) is 5.64. The Balaban J connectivity index is 1.25. The standard InChI is InChI=1S/C28H30FN3O3/c1-20-17-32(18-21(2)34-20)19-24-7-5-23(6-8-24)15-31-28(33)12-10-22-9-11-27(26(29)14-22)35-25-4-3-13-30-16-25/h3-14,16,20-21H,15,17-19H2,1-2H3,(H,31,33)/b12-10+. The largest absolute Gasteiger partial charge is 0.453 e. The molecule has 1 aliphatic heterocycles. The molecule has 1 aliphatic rings. The molecule has 1 N–H and O–H groups in total. The molecule has 35 heavy (non-hydrogen) atoms. The molecule has 0 bridgehead atoms. The first kappa shape index (κ1) is 24.6. The number of carbonyl (C=O) groups excluding carboxylic acids is 1. The number of nitrogens with one attached hydrogen (secondary N) is 1. The van der Waals surface area contributed by atoms with Gasteiger partial charge in [0.15, 0.2) is 11.6 Å². The SMILES string of the molecule is CC1CN(Cc2ccc(CNC(=O)/C=C/c3ccc(Oc4cccnc4)c(F)c3)cc2)CC(C)O1. The van der Waals surface area contributed by atoms with E-state index in [1.165, 1.54) is 30.0 Å². The van der Waals surface area contributed by atoms with E-state index < -0.39 is 5.82 Å². The molecule has 3 aromatic rings. The van der Waals surface area contributed by atoms with Crippen LogP contribution in [0.4, 0.5) is 4.39 Å². The fraction of sp³-hybridized carbons (Fsp3) is 0.286. The van der Waals surface area contributed by atoms with Gasteiger partial charge in [-0.3, -0.25) is 14.7 Å². The highest BCUT2D eigenvalue weighted by Gasteiger charge is 2.21. The van der Waals surface area contributed by atoms with Crippen LogP contribution < -0.4 is 10.1 Å². The molecule has 7 heteroatoms. The van der Waals surface area contributed by atoms with Gasteiger partial charge in [-0.1, -0.05) is 30.3 Å². The van der Waals surface area contributed by atoms with E-state index in [-0.39, 0.29) is 23.9 Å². The fourth-order valence-electron chi connectivity index (χ4n) is 4.09. The van der Waals surface area contributed by atoms with E-state index in [1.54, 1.807) is 30.5 Å². The number of hydrogen-bond acceptors (Lipinski definition) is 5. The highest BCUT2D eigenvalue weighted by Crippen LogP contribution is 2.24. The van der Waals surface area contributed by atoms with Crippen LogP contribution in [-0.2, 0) is 22.6 Å². The van der Waals surface area contributed by atoms with Crippen LogP contribution in [0.3, 0.4) is 0 Å². The number of aromatic nitrogens is 1. The third-order valence-corrected chi connectivity index (χ3v) is 5.64. The van der Waals surface area contributed by atoms with Gasteiger partial charge in [0.25, 0.3) is 0 Å². The number of pyridine rings is 1. The molecule has 0 saturated carbocycles. The average Bonchev–Trinajstić information content (AvgIpc) is 2.84. The number of benzene rings is 2. The Morgan fingerprint density at radius 2 is 1.89 bits per heavy atom. The van der Waals surface area contributed by atoms with E-state index in [4.69, 9.17) is 9.47 Å². The van der Waals surface area contributed by atoms with E-state index >= 15 is 0 Å². The van der Waals surface area contributed by atoms with E-state index in [9.17, 15) is 9.18 Å². The van der Waals surface area contributed by atoms with Crippen molar-refractivity contribution in [2.24, 2.45) is 0 Å². The lowest BCUT2D eigenvalue weighted by atomic mass is 10.1. The van der Waals surface area contributed by atoms with Gasteiger partial charge in [-0.15, -0.1) is 0 Å². The highest BCUT2D eigenvalue weighted by atomic mass is 19.1. The van der Waals surface area contributed by atoms with Crippen molar-refractivity contribution in [3.63, 3.8) is 0 Å². The Kier molecular flexibility index (Phi) is 8.23. The van der Waals surface area contributed by atoms with Crippen LogP contribution in [0, 0.1) is 5.82 Å². The summed E-state index contributed by atoms with van der Waals surface area (Å²) in [6, 6.07) is 16.2. The zero-order valence-corrected chi connectivity index (χ0v) is 20.0. The molecule has 2 atom stereocenters. The zero-order chi connectivity index (χ0) is 24.6. The van der Waals surface area contributed by atoms with Gasteiger partial charge in [-0.25, -0.2) is 4.39 Å². The molecular weight excluding hydrogens is 445 g/mol. The number of rotatable bonds is 8. The minimum absolute atomic E-state index is 0.0979. The van der Waals surface area contributed by atoms with Crippen molar-refractivity contribution in [1.29, 1.82) is 0 Å². The lowest BCUT2D eigenvalue weighted by Crippen LogP contribution is -2.44. The molecule has 1 saturated heterocycles. The second-order valence-electron chi connectivity index (χ2n) is 8.80. The van der Waals surface area contributed by atoms with E-state index in [2.05, 4.69) is 41.2 Å². The molecule has 0 aliphatic carbocycles. The summed E-state index contributed by atoms with van der Waals surface area (Å²) in [7, 11) is 0. The van der Waals surface area contributed by atoms with Gasteiger partial charge in [0, 0.05) is 38.5 Å². The van der Waals surface area contributed by atoms with Crippen LogP contribution in [-0.4, -0.2) is 41.1 Å². The predicted octanol–water partition coefficient (Wildman–Crippen LogP) is 4.95. The quantitative estimate of drug-likeness (QED) is 0.467. The topological polar surface area (TPSA) is 63.7 Å². The molecule has 2 aromatic carbocycles.